The summed E-state index contributed by atoms with van der Waals surface area (Å²) in [5.74, 6) is 0. The molecule has 1 amide bonds. The number of fused-ring (bicyclic) bond motifs is 1. The Balaban J connectivity index is 2.69. The van der Waals surface area contributed by atoms with E-state index in [9.17, 15) is 27.6 Å². The van der Waals surface area contributed by atoms with Crippen LogP contribution in [0.25, 0.3) is 10.2 Å². The lowest BCUT2D eigenvalue weighted by atomic mass is 10.2. The molecule has 2 N–H and O–H groups in total. The van der Waals surface area contributed by atoms with Crippen molar-refractivity contribution in [3.05, 3.63) is 31.3 Å². The minimum atomic E-state index is -4.48. The molecular formula is C15H17F3N4O5S. The molecule has 9 nitrogen and oxygen atoms in total. The number of halogens is 3. The second-order valence-electron chi connectivity index (χ2n) is 5.70. The van der Waals surface area contributed by atoms with E-state index in [4.69, 9.17) is 9.84 Å². The third-order valence-corrected chi connectivity index (χ3v) is 5.06. The largest absolute Gasteiger partial charge is 0.464 e. The second kappa shape index (κ2) is 8.56. The molecule has 154 valence electrons. The first-order valence-electron chi connectivity index (χ1n) is 7.91. The van der Waals surface area contributed by atoms with Crippen molar-refractivity contribution in [1.82, 2.24) is 14.6 Å². The molecule has 2 heterocycles. The van der Waals surface area contributed by atoms with Gasteiger partial charge in [0.25, 0.3) is 5.56 Å². The predicted octanol–water partition coefficient (Wildman–Crippen LogP) is 1.73. The van der Waals surface area contributed by atoms with Gasteiger partial charge in [-0.05, 0) is 12.5 Å². The van der Waals surface area contributed by atoms with E-state index < -0.39 is 36.5 Å². The Bertz CT molecular complexity index is 1020. The van der Waals surface area contributed by atoms with Crippen LogP contribution in [0.5, 0.6) is 0 Å². The van der Waals surface area contributed by atoms with Crippen LogP contribution in [0.2, 0.25) is 0 Å². The van der Waals surface area contributed by atoms with Crippen molar-refractivity contribution in [2.24, 2.45) is 5.10 Å². The fourth-order valence-electron chi connectivity index (χ4n) is 2.50. The Hall–Kier alpha value is -2.67. The molecule has 0 saturated carbocycles. The maximum absolute atomic E-state index is 12.7. The summed E-state index contributed by atoms with van der Waals surface area (Å²) in [6.07, 6.45) is -6.00. The van der Waals surface area contributed by atoms with E-state index in [0.717, 1.165) is 26.7 Å². The number of hydrogen-bond donors (Lipinski definition) is 2. The molecule has 0 atom stereocenters. The summed E-state index contributed by atoms with van der Waals surface area (Å²) in [7, 11) is 1.37. The van der Waals surface area contributed by atoms with Gasteiger partial charge in [0.1, 0.15) is 4.83 Å². The van der Waals surface area contributed by atoms with Crippen LogP contribution in [0.3, 0.4) is 0 Å². The minimum absolute atomic E-state index is 0.0277. The minimum Gasteiger partial charge on any atom is -0.464 e. The van der Waals surface area contributed by atoms with Crippen molar-refractivity contribution in [2.75, 3.05) is 13.7 Å². The number of ether oxygens (including phenoxy) is 1. The maximum Gasteiger partial charge on any atom is 0.425 e. The lowest BCUT2D eigenvalue weighted by Gasteiger charge is -2.13. The van der Waals surface area contributed by atoms with E-state index in [1.807, 2.05) is 0 Å². The van der Waals surface area contributed by atoms with Gasteiger partial charge in [-0.25, -0.2) is 15.0 Å². The van der Waals surface area contributed by atoms with Gasteiger partial charge in [-0.15, -0.1) is 11.3 Å². The number of nitrogens with zero attached hydrogens (tertiary/aromatic N) is 3. The van der Waals surface area contributed by atoms with E-state index in [-0.39, 0.29) is 23.4 Å². The molecule has 2 rings (SSSR count). The fraction of sp³-hybridized carbons (Fsp3) is 0.467. The van der Waals surface area contributed by atoms with Crippen molar-refractivity contribution >= 4 is 33.9 Å². The Kier molecular flexibility index (Phi) is 6.61. The Morgan fingerprint density at radius 3 is 2.57 bits per heavy atom. The molecule has 0 aromatic carbocycles. The third-order valence-electron chi connectivity index (χ3n) is 3.81. The quantitative estimate of drug-likeness (QED) is 0.521. The number of nitrogens with one attached hydrogen (secondary N) is 1. The van der Waals surface area contributed by atoms with Crippen LogP contribution < -0.4 is 16.7 Å². The molecule has 28 heavy (non-hydrogen) atoms. The summed E-state index contributed by atoms with van der Waals surface area (Å²) in [6, 6.07) is 0. The van der Waals surface area contributed by atoms with Crippen molar-refractivity contribution < 1.29 is 27.8 Å². The lowest BCUT2D eigenvalue weighted by Crippen LogP contribution is -2.41. The molecule has 0 aliphatic carbocycles. The standard InChI is InChI=1S/C15H17F3N4O5S/c1-8-9(7-19-20-13(24)25)28-12-10(8)11(23)21(5-6-27-2)14(26)22(12)4-3-15(16,17)18/h7,20H,3-6H2,1-2H3,(H,24,25). The van der Waals surface area contributed by atoms with E-state index in [1.54, 1.807) is 12.3 Å². The molecule has 0 aliphatic rings. The maximum atomic E-state index is 12.7. The normalized spacial score (nSPS) is 12.2. The van der Waals surface area contributed by atoms with E-state index in [2.05, 4.69) is 5.10 Å². The molecule has 13 heteroatoms. The van der Waals surface area contributed by atoms with Gasteiger partial charge in [-0.2, -0.15) is 18.3 Å². The van der Waals surface area contributed by atoms with Crippen LogP contribution in [0.15, 0.2) is 14.7 Å². The van der Waals surface area contributed by atoms with Crippen molar-refractivity contribution in [1.29, 1.82) is 0 Å². The fourth-order valence-corrected chi connectivity index (χ4v) is 3.69. The number of carbonyl (C=O) groups is 1. The van der Waals surface area contributed by atoms with Gasteiger partial charge in [0.15, 0.2) is 0 Å². The average Bonchev–Trinajstić information content (AvgIpc) is 2.90. The van der Waals surface area contributed by atoms with E-state index in [1.165, 1.54) is 7.11 Å². The van der Waals surface area contributed by atoms with Crippen LogP contribution in [0.4, 0.5) is 18.0 Å². The molecular weight excluding hydrogens is 405 g/mol. The van der Waals surface area contributed by atoms with Crippen molar-refractivity contribution in [3.63, 3.8) is 0 Å². The molecule has 0 aliphatic heterocycles. The van der Waals surface area contributed by atoms with Crippen LogP contribution in [0, 0.1) is 6.92 Å². The Morgan fingerprint density at radius 1 is 1.32 bits per heavy atom. The molecule has 0 saturated heterocycles. The molecule has 0 spiro atoms. The summed E-state index contributed by atoms with van der Waals surface area (Å²) in [4.78, 5) is 36.3. The van der Waals surface area contributed by atoms with Gasteiger partial charge in [0.05, 0.1) is 36.1 Å². The van der Waals surface area contributed by atoms with Crippen LogP contribution in [-0.2, 0) is 17.8 Å². The zero-order valence-corrected chi connectivity index (χ0v) is 15.7. The molecule has 2 aromatic rings. The first-order valence-corrected chi connectivity index (χ1v) is 8.73. The van der Waals surface area contributed by atoms with Gasteiger partial charge in [-0.3, -0.25) is 13.9 Å². The number of alkyl halides is 3. The number of methoxy groups -OCH3 is 1. The van der Waals surface area contributed by atoms with Crippen molar-refractivity contribution in [2.45, 2.75) is 32.6 Å². The molecule has 0 bridgehead atoms. The topological polar surface area (TPSA) is 115 Å². The van der Waals surface area contributed by atoms with Crippen LogP contribution >= 0.6 is 11.3 Å². The number of carboxylic acid groups (broad SMARTS) is 1. The molecule has 2 aromatic heterocycles. The first-order chi connectivity index (χ1) is 13.1. The van der Waals surface area contributed by atoms with Gasteiger partial charge in [0, 0.05) is 13.7 Å². The highest BCUT2D eigenvalue weighted by molar-refractivity contribution is 7.20. The third kappa shape index (κ3) is 4.78. The number of aryl methyl sites for hydroxylation is 2. The number of hydrazone groups is 1. The number of rotatable bonds is 7. The highest BCUT2D eigenvalue weighted by Crippen LogP contribution is 2.28. The van der Waals surface area contributed by atoms with Gasteiger partial charge in [0.2, 0.25) is 0 Å². The lowest BCUT2D eigenvalue weighted by molar-refractivity contribution is -0.136. The van der Waals surface area contributed by atoms with Gasteiger partial charge in [-0.1, -0.05) is 0 Å². The zero-order chi connectivity index (χ0) is 21.1. The zero-order valence-electron chi connectivity index (χ0n) is 14.9. The first kappa shape index (κ1) is 21.6. The van der Waals surface area contributed by atoms with Crippen molar-refractivity contribution in [3.8, 4) is 0 Å². The van der Waals surface area contributed by atoms with E-state index >= 15 is 0 Å². The number of aromatic nitrogens is 2. The molecule has 0 radical (unpaired) electrons. The van der Waals surface area contributed by atoms with Crippen LogP contribution in [0.1, 0.15) is 16.9 Å². The van der Waals surface area contributed by atoms with Gasteiger partial charge >= 0.3 is 18.0 Å². The Labute approximate surface area is 159 Å². The number of hydrogen-bond acceptors (Lipinski definition) is 6. The summed E-state index contributed by atoms with van der Waals surface area (Å²) in [5, 5.41) is 12.1. The Morgan fingerprint density at radius 2 is 2.00 bits per heavy atom. The van der Waals surface area contributed by atoms with E-state index in [0.29, 0.717) is 10.4 Å². The van der Waals surface area contributed by atoms with Crippen LogP contribution in [-0.4, -0.2) is 46.4 Å². The highest BCUT2D eigenvalue weighted by atomic mass is 32.1. The number of amides is 1. The molecule has 0 fully saturated rings. The second-order valence-corrected chi connectivity index (χ2v) is 6.73. The predicted molar refractivity (Wildman–Crippen MR) is 96.4 cm³/mol. The summed E-state index contributed by atoms with van der Waals surface area (Å²) >= 11 is 0.882. The number of thiophene rings is 1. The van der Waals surface area contributed by atoms with Gasteiger partial charge < -0.3 is 9.84 Å². The monoisotopic (exact) mass is 422 g/mol. The summed E-state index contributed by atoms with van der Waals surface area (Å²) in [5.41, 5.74) is 0.627. The molecule has 0 unspecified atom stereocenters. The smallest absolute Gasteiger partial charge is 0.425 e. The SMILES string of the molecule is COCCn1c(=O)c2c(C)c(C=NNC(=O)O)sc2n(CCC(F)(F)F)c1=O. The summed E-state index contributed by atoms with van der Waals surface area (Å²) in [6.45, 7) is 0.799. The highest BCUT2D eigenvalue weighted by Gasteiger charge is 2.28. The summed E-state index contributed by atoms with van der Waals surface area (Å²) < 4.78 is 44.7. The average molecular weight is 422 g/mol.